The molecule has 1 fully saturated rings. The van der Waals surface area contributed by atoms with Crippen molar-refractivity contribution in [3.8, 4) is 17.2 Å². The normalized spacial score (nSPS) is 18.5. The number of pyridine rings is 1. The molecule has 2 atom stereocenters. The molecule has 150 valence electrons. The Hall–Kier alpha value is -2.80. The summed E-state index contributed by atoms with van der Waals surface area (Å²) in [5.41, 5.74) is 1.98. The van der Waals surface area contributed by atoms with Gasteiger partial charge in [0.2, 0.25) is 11.7 Å². The Morgan fingerprint density at radius 3 is 2.36 bits per heavy atom. The van der Waals surface area contributed by atoms with Crippen molar-refractivity contribution < 1.29 is 23.7 Å². The Morgan fingerprint density at radius 1 is 1.07 bits per heavy atom. The topological polar surface area (TPSA) is 78.9 Å². The van der Waals surface area contributed by atoms with Crippen molar-refractivity contribution >= 4 is 5.91 Å². The molecule has 2 aromatic rings. The molecule has 1 aliphatic rings. The van der Waals surface area contributed by atoms with E-state index in [0.717, 1.165) is 12.0 Å². The Balaban J connectivity index is 1.65. The summed E-state index contributed by atoms with van der Waals surface area (Å²) in [5.74, 6) is 1.75. The van der Waals surface area contributed by atoms with Crippen LogP contribution in [0.3, 0.4) is 0 Å². The number of hydrogen-bond acceptors (Lipinski definition) is 6. The average Bonchev–Trinajstić information content (AvgIpc) is 3.14. The molecule has 3 rings (SSSR count). The lowest BCUT2D eigenvalue weighted by Crippen LogP contribution is -2.41. The van der Waals surface area contributed by atoms with Gasteiger partial charge in [-0.05, 0) is 41.8 Å². The number of hydrogen-bond donors (Lipinski definition) is 1. The first kappa shape index (κ1) is 19.9. The van der Waals surface area contributed by atoms with E-state index < -0.39 is 0 Å². The minimum Gasteiger partial charge on any atom is -0.493 e. The fourth-order valence-electron chi connectivity index (χ4n) is 3.46. The molecule has 7 heteroatoms. The van der Waals surface area contributed by atoms with Gasteiger partial charge in [-0.3, -0.25) is 9.78 Å². The van der Waals surface area contributed by atoms with Crippen LogP contribution in [0.25, 0.3) is 0 Å². The second kappa shape index (κ2) is 9.41. The van der Waals surface area contributed by atoms with Gasteiger partial charge in [-0.2, -0.15) is 0 Å². The smallest absolute Gasteiger partial charge is 0.224 e. The van der Waals surface area contributed by atoms with Gasteiger partial charge in [-0.25, -0.2) is 0 Å². The molecule has 1 aromatic heterocycles. The Labute approximate surface area is 165 Å². The van der Waals surface area contributed by atoms with Gasteiger partial charge in [-0.15, -0.1) is 0 Å². The van der Waals surface area contributed by atoms with E-state index in [2.05, 4.69) is 10.3 Å². The van der Waals surface area contributed by atoms with Gasteiger partial charge >= 0.3 is 0 Å². The maximum absolute atomic E-state index is 12.6. The van der Waals surface area contributed by atoms with Crippen molar-refractivity contribution in [2.24, 2.45) is 5.92 Å². The molecule has 1 saturated heterocycles. The van der Waals surface area contributed by atoms with Crippen LogP contribution in [0.2, 0.25) is 0 Å². The Bertz CT molecular complexity index is 772. The zero-order valence-corrected chi connectivity index (χ0v) is 16.4. The molecular weight excluding hydrogens is 360 g/mol. The van der Waals surface area contributed by atoms with Crippen LogP contribution in [0.1, 0.15) is 11.1 Å². The third kappa shape index (κ3) is 4.72. The third-order valence-corrected chi connectivity index (χ3v) is 4.88. The number of aromatic nitrogens is 1. The number of nitrogens with zero attached hydrogens (tertiary/aromatic N) is 1. The van der Waals surface area contributed by atoms with Crippen LogP contribution < -0.4 is 19.5 Å². The van der Waals surface area contributed by atoms with E-state index in [9.17, 15) is 4.79 Å². The van der Waals surface area contributed by atoms with Gasteiger partial charge in [-0.1, -0.05) is 0 Å². The molecule has 2 heterocycles. The van der Waals surface area contributed by atoms with Crippen LogP contribution >= 0.6 is 0 Å². The van der Waals surface area contributed by atoms with E-state index in [4.69, 9.17) is 18.9 Å². The number of methoxy groups -OCH3 is 3. The second-order valence-corrected chi connectivity index (χ2v) is 6.74. The summed E-state index contributed by atoms with van der Waals surface area (Å²) in [4.78, 5) is 16.7. The molecule has 0 unspecified atom stereocenters. The summed E-state index contributed by atoms with van der Waals surface area (Å²) in [5, 5.41) is 3.11. The second-order valence-electron chi connectivity index (χ2n) is 6.74. The number of ether oxygens (including phenoxy) is 4. The first-order valence-corrected chi connectivity index (χ1v) is 9.19. The lowest BCUT2D eigenvalue weighted by Gasteiger charge is -2.19. The molecule has 0 spiro atoms. The maximum Gasteiger partial charge on any atom is 0.224 e. The molecule has 1 aromatic carbocycles. The van der Waals surface area contributed by atoms with Crippen LogP contribution in [0.4, 0.5) is 0 Å². The minimum absolute atomic E-state index is 0.0114. The monoisotopic (exact) mass is 386 g/mol. The Kier molecular flexibility index (Phi) is 6.71. The highest BCUT2D eigenvalue weighted by atomic mass is 16.5. The molecule has 1 amide bonds. The largest absolute Gasteiger partial charge is 0.493 e. The van der Waals surface area contributed by atoms with E-state index >= 15 is 0 Å². The van der Waals surface area contributed by atoms with Crippen molar-refractivity contribution in [1.29, 1.82) is 0 Å². The van der Waals surface area contributed by atoms with E-state index in [1.807, 2.05) is 12.1 Å². The van der Waals surface area contributed by atoms with Gasteiger partial charge in [0.05, 0.1) is 47.0 Å². The fraction of sp³-hybridized carbons (Fsp3) is 0.429. The van der Waals surface area contributed by atoms with Crippen molar-refractivity contribution in [2.45, 2.75) is 18.9 Å². The predicted molar refractivity (Wildman–Crippen MR) is 104 cm³/mol. The van der Waals surface area contributed by atoms with E-state index in [1.54, 1.807) is 45.9 Å². The lowest BCUT2D eigenvalue weighted by molar-refractivity contribution is -0.121. The zero-order valence-electron chi connectivity index (χ0n) is 16.4. The first-order valence-electron chi connectivity index (χ1n) is 9.19. The third-order valence-electron chi connectivity index (χ3n) is 4.88. The van der Waals surface area contributed by atoms with Gasteiger partial charge in [0.15, 0.2) is 11.5 Å². The predicted octanol–water partition coefficient (Wildman–Crippen LogP) is 2.02. The summed E-state index contributed by atoms with van der Waals surface area (Å²) in [6, 6.07) is 7.56. The number of amides is 1. The molecule has 0 radical (unpaired) electrons. The summed E-state index contributed by atoms with van der Waals surface area (Å²) in [6.45, 7) is 1.16. The van der Waals surface area contributed by atoms with Crippen molar-refractivity contribution in [2.75, 3.05) is 34.5 Å². The first-order chi connectivity index (χ1) is 13.6. The number of rotatable bonds is 8. The number of carbonyl (C=O) groups excluding carboxylic acids is 1. The van der Waals surface area contributed by atoms with Crippen LogP contribution in [0.5, 0.6) is 17.2 Å². The molecule has 1 N–H and O–H groups in total. The summed E-state index contributed by atoms with van der Waals surface area (Å²) < 4.78 is 21.6. The fourth-order valence-corrected chi connectivity index (χ4v) is 3.46. The lowest BCUT2D eigenvalue weighted by atomic mass is 9.95. The van der Waals surface area contributed by atoms with Crippen LogP contribution in [-0.4, -0.2) is 51.5 Å². The SMILES string of the molecule is COc1cc(CC(=O)N[C@H]2COC[C@H]2Cc2ccncc2)cc(OC)c1OC. The summed E-state index contributed by atoms with van der Waals surface area (Å²) in [7, 11) is 4.66. The Morgan fingerprint density at radius 2 is 1.75 bits per heavy atom. The molecule has 0 saturated carbocycles. The molecule has 7 nitrogen and oxygen atoms in total. The average molecular weight is 386 g/mol. The maximum atomic E-state index is 12.6. The summed E-state index contributed by atoms with van der Waals surface area (Å²) in [6.07, 6.45) is 4.62. The molecular formula is C21H26N2O5. The molecule has 0 aliphatic carbocycles. The number of benzene rings is 1. The highest BCUT2D eigenvalue weighted by molar-refractivity contribution is 5.79. The van der Waals surface area contributed by atoms with Gasteiger partial charge in [0.1, 0.15) is 0 Å². The van der Waals surface area contributed by atoms with Crippen LogP contribution in [0, 0.1) is 5.92 Å². The number of carbonyl (C=O) groups is 1. The summed E-state index contributed by atoms with van der Waals surface area (Å²) >= 11 is 0. The van der Waals surface area contributed by atoms with Gasteiger partial charge in [0.25, 0.3) is 0 Å². The van der Waals surface area contributed by atoms with Crippen molar-refractivity contribution in [3.05, 3.63) is 47.8 Å². The van der Waals surface area contributed by atoms with E-state index in [-0.39, 0.29) is 24.3 Å². The standard InChI is InChI=1S/C21H26N2O5/c1-25-18-9-15(10-19(26-2)21(18)27-3)11-20(24)23-17-13-28-12-16(17)8-14-4-6-22-7-5-14/h4-7,9-10,16-17H,8,11-13H2,1-3H3,(H,23,24)/t16-,17+/m1/s1. The molecule has 28 heavy (non-hydrogen) atoms. The zero-order chi connectivity index (χ0) is 19.9. The van der Waals surface area contributed by atoms with Crippen molar-refractivity contribution in [3.63, 3.8) is 0 Å². The minimum atomic E-state index is -0.0653. The van der Waals surface area contributed by atoms with Crippen LogP contribution in [-0.2, 0) is 22.4 Å². The molecule has 0 bridgehead atoms. The highest BCUT2D eigenvalue weighted by Crippen LogP contribution is 2.38. The van der Waals surface area contributed by atoms with Crippen molar-refractivity contribution in [1.82, 2.24) is 10.3 Å². The van der Waals surface area contributed by atoms with E-state index in [1.165, 1.54) is 5.56 Å². The van der Waals surface area contributed by atoms with Gasteiger partial charge in [0, 0.05) is 18.3 Å². The van der Waals surface area contributed by atoms with Gasteiger partial charge < -0.3 is 24.3 Å². The van der Waals surface area contributed by atoms with E-state index in [0.29, 0.717) is 30.5 Å². The molecule has 1 aliphatic heterocycles. The number of nitrogens with one attached hydrogen (secondary N) is 1. The quantitative estimate of drug-likeness (QED) is 0.748. The highest BCUT2D eigenvalue weighted by Gasteiger charge is 2.29. The van der Waals surface area contributed by atoms with Crippen LogP contribution in [0.15, 0.2) is 36.7 Å².